The van der Waals surface area contributed by atoms with Gasteiger partial charge in [0.05, 0.1) is 5.25 Å². The normalized spacial score (nSPS) is 20.0. The van der Waals surface area contributed by atoms with E-state index in [2.05, 4.69) is 29.7 Å². The van der Waals surface area contributed by atoms with E-state index in [4.69, 9.17) is 0 Å². The van der Waals surface area contributed by atoms with Crippen LogP contribution >= 0.6 is 11.8 Å². The molecule has 1 saturated heterocycles. The number of nitrogens with one attached hydrogen (secondary N) is 2. The Morgan fingerprint density at radius 2 is 2.24 bits per heavy atom. The molecule has 0 spiro atoms. The van der Waals surface area contributed by atoms with E-state index in [0.717, 1.165) is 43.3 Å². The molecule has 0 aliphatic carbocycles. The smallest absolute Gasteiger partial charge is 0.233 e. The van der Waals surface area contributed by atoms with Gasteiger partial charge in [-0.1, -0.05) is 25.1 Å². The van der Waals surface area contributed by atoms with Crippen molar-refractivity contribution < 1.29 is 4.79 Å². The standard InChI is InChI=1S/C17H26N2OS/c1-2-16(21-15-8-4-3-5-9-15)17(20)19-12-10-14-7-6-11-18-13-14/h3-5,8-9,14,16,18H,2,6-7,10-13H2,1H3,(H,19,20). The van der Waals surface area contributed by atoms with Crippen LogP contribution in [0.3, 0.4) is 0 Å². The SMILES string of the molecule is CCC(Sc1ccccc1)C(=O)NCCC1CCCNC1. The van der Waals surface area contributed by atoms with Crippen molar-refractivity contribution in [3.05, 3.63) is 30.3 Å². The van der Waals surface area contributed by atoms with E-state index in [1.807, 2.05) is 18.2 Å². The fraction of sp³-hybridized carbons (Fsp3) is 0.588. The number of amides is 1. The lowest BCUT2D eigenvalue weighted by molar-refractivity contribution is -0.120. The average molecular weight is 306 g/mol. The Labute approximate surface area is 132 Å². The second kappa shape index (κ2) is 9.11. The molecule has 0 aromatic heterocycles. The summed E-state index contributed by atoms with van der Waals surface area (Å²) in [7, 11) is 0. The Morgan fingerprint density at radius 3 is 2.90 bits per heavy atom. The summed E-state index contributed by atoms with van der Waals surface area (Å²) in [6, 6.07) is 10.2. The first-order valence-corrected chi connectivity index (χ1v) is 8.87. The number of carbonyl (C=O) groups excluding carboxylic acids is 1. The molecular formula is C17H26N2OS. The lowest BCUT2D eigenvalue weighted by Crippen LogP contribution is -2.36. The predicted octanol–water partition coefficient (Wildman–Crippen LogP) is 3.06. The summed E-state index contributed by atoms with van der Waals surface area (Å²) >= 11 is 1.66. The van der Waals surface area contributed by atoms with Crippen LogP contribution in [-0.4, -0.2) is 30.8 Å². The van der Waals surface area contributed by atoms with Crippen molar-refractivity contribution in [2.75, 3.05) is 19.6 Å². The molecule has 1 aliphatic rings. The lowest BCUT2D eigenvalue weighted by Gasteiger charge is -2.23. The number of hydrogen-bond donors (Lipinski definition) is 2. The van der Waals surface area contributed by atoms with E-state index in [1.165, 1.54) is 12.8 Å². The second-order valence-corrected chi connectivity index (χ2v) is 6.90. The molecule has 2 rings (SSSR count). The topological polar surface area (TPSA) is 41.1 Å². The van der Waals surface area contributed by atoms with Crippen molar-refractivity contribution in [3.63, 3.8) is 0 Å². The zero-order valence-corrected chi connectivity index (χ0v) is 13.6. The summed E-state index contributed by atoms with van der Waals surface area (Å²) in [5.74, 6) is 0.899. The third kappa shape index (κ3) is 5.71. The highest BCUT2D eigenvalue weighted by Gasteiger charge is 2.18. The van der Waals surface area contributed by atoms with Crippen LogP contribution in [0.25, 0.3) is 0 Å². The summed E-state index contributed by atoms with van der Waals surface area (Å²) in [5, 5.41) is 6.55. The Morgan fingerprint density at radius 1 is 1.43 bits per heavy atom. The Balaban J connectivity index is 1.72. The maximum atomic E-state index is 12.3. The molecule has 1 fully saturated rings. The zero-order valence-electron chi connectivity index (χ0n) is 12.8. The molecule has 0 bridgehead atoms. The molecule has 1 aliphatic heterocycles. The van der Waals surface area contributed by atoms with E-state index in [-0.39, 0.29) is 11.2 Å². The summed E-state index contributed by atoms with van der Waals surface area (Å²) in [6.45, 7) is 5.13. The van der Waals surface area contributed by atoms with E-state index in [1.54, 1.807) is 11.8 Å². The predicted molar refractivity (Wildman–Crippen MR) is 89.6 cm³/mol. The Bertz CT molecular complexity index is 418. The third-order valence-corrected chi connectivity index (χ3v) is 5.31. The fourth-order valence-electron chi connectivity index (χ4n) is 2.67. The van der Waals surface area contributed by atoms with Crippen molar-refractivity contribution in [3.8, 4) is 0 Å². The van der Waals surface area contributed by atoms with E-state index in [0.29, 0.717) is 0 Å². The van der Waals surface area contributed by atoms with Crippen LogP contribution < -0.4 is 10.6 Å². The van der Waals surface area contributed by atoms with Crippen molar-refractivity contribution in [1.29, 1.82) is 0 Å². The van der Waals surface area contributed by atoms with Crippen molar-refractivity contribution in [1.82, 2.24) is 10.6 Å². The quantitative estimate of drug-likeness (QED) is 0.761. The number of piperidine rings is 1. The maximum Gasteiger partial charge on any atom is 0.233 e. The van der Waals surface area contributed by atoms with Gasteiger partial charge in [0.15, 0.2) is 0 Å². The lowest BCUT2D eigenvalue weighted by atomic mass is 9.96. The molecule has 4 heteroatoms. The molecule has 1 heterocycles. The van der Waals surface area contributed by atoms with Gasteiger partial charge in [0.25, 0.3) is 0 Å². The maximum absolute atomic E-state index is 12.3. The van der Waals surface area contributed by atoms with Crippen molar-refractivity contribution >= 4 is 17.7 Å². The van der Waals surface area contributed by atoms with Crippen LogP contribution in [0.15, 0.2) is 35.2 Å². The van der Waals surface area contributed by atoms with Crippen LogP contribution in [0, 0.1) is 5.92 Å². The van der Waals surface area contributed by atoms with E-state index >= 15 is 0 Å². The Hall–Kier alpha value is -1.00. The van der Waals surface area contributed by atoms with Gasteiger partial charge in [-0.05, 0) is 56.8 Å². The van der Waals surface area contributed by atoms with Gasteiger partial charge in [0, 0.05) is 11.4 Å². The first-order chi connectivity index (χ1) is 10.3. The van der Waals surface area contributed by atoms with Crippen LogP contribution in [0.4, 0.5) is 0 Å². The van der Waals surface area contributed by atoms with Crippen LogP contribution in [0.1, 0.15) is 32.6 Å². The van der Waals surface area contributed by atoms with Gasteiger partial charge in [0.2, 0.25) is 5.91 Å². The molecule has 2 atom stereocenters. The molecule has 1 amide bonds. The zero-order chi connectivity index (χ0) is 14.9. The molecule has 21 heavy (non-hydrogen) atoms. The average Bonchev–Trinajstić information content (AvgIpc) is 2.54. The monoisotopic (exact) mass is 306 g/mol. The summed E-state index contributed by atoms with van der Waals surface area (Å²) in [5.41, 5.74) is 0. The number of carbonyl (C=O) groups is 1. The fourth-order valence-corrected chi connectivity index (χ4v) is 3.67. The largest absolute Gasteiger partial charge is 0.355 e. The minimum absolute atomic E-state index is 0.0110. The van der Waals surface area contributed by atoms with Gasteiger partial charge in [0.1, 0.15) is 0 Å². The van der Waals surface area contributed by atoms with E-state index < -0.39 is 0 Å². The minimum atomic E-state index is 0.0110. The van der Waals surface area contributed by atoms with E-state index in [9.17, 15) is 4.79 Å². The number of thioether (sulfide) groups is 1. The third-order valence-electron chi connectivity index (χ3n) is 3.94. The van der Waals surface area contributed by atoms with Crippen LogP contribution in [0.5, 0.6) is 0 Å². The first kappa shape index (κ1) is 16.4. The van der Waals surface area contributed by atoms with Gasteiger partial charge in [-0.3, -0.25) is 4.79 Å². The van der Waals surface area contributed by atoms with Crippen LogP contribution in [0.2, 0.25) is 0 Å². The van der Waals surface area contributed by atoms with Gasteiger partial charge >= 0.3 is 0 Å². The summed E-state index contributed by atoms with van der Waals surface area (Å²) in [6.07, 6.45) is 4.50. The highest BCUT2D eigenvalue weighted by molar-refractivity contribution is 8.00. The number of benzene rings is 1. The molecule has 3 nitrogen and oxygen atoms in total. The summed E-state index contributed by atoms with van der Waals surface area (Å²) in [4.78, 5) is 13.4. The van der Waals surface area contributed by atoms with Crippen LogP contribution in [-0.2, 0) is 4.79 Å². The minimum Gasteiger partial charge on any atom is -0.355 e. The summed E-state index contributed by atoms with van der Waals surface area (Å²) < 4.78 is 0. The molecule has 1 aromatic carbocycles. The van der Waals surface area contributed by atoms with Crippen molar-refractivity contribution in [2.24, 2.45) is 5.92 Å². The molecule has 116 valence electrons. The highest BCUT2D eigenvalue weighted by atomic mass is 32.2. The second-order valence-electron chi connectivity index (χ2n) is 5.62. The number of rotatable bonds is 7. The molecule has 0 radical (unpaired) electrons. The Kier molecular flexibility index (Phi) is 7.10. The first-order valence-electron chi connectivity index (χ1n) is 7.99. The molecule has 2 N–H and O–H groups in total. The molecule has 2 unspecified atom stereocenters. The number of hydrogen-bond acceptors (Lipinski definition) is 3. The molecule has 0 saturated carbocycles. The van der Waals surface area contributed by atoms with Gasteiger partial charge < -0.3 is 10.6 Å². The van der Waals surface area contributed by atoms with Gasteiger partial charge in [-0.15, -0.1) is 11.8 Å². The molecular weight excluding hydrogens is 280 g/mol. The molecule has 1 aromatic rings. The van der Waals surface area contributed by atoms with Gasteiger partial charge in [-0.25, -0.2) is 0 Å². The van der Waals surface area contributed by atoms with Gasteiger partial charge in [-0.2, -0.15) is 0 Å². The van der Waals surface area contributed by atoms with Crippen molar-refractivity contribution in [2.45, 2.75) is 42.8 Å². The highest BCUT2D eigenvalue weighted by Crippen LogP contribution is 2.25.